The van der Waals surface area contributed by atoms with E-state index in [0.717, 1.165) is 36.1 Å². The van der Waals surface area contributed by atoms with Crippen molar-refractivity contribution in [3.05, 3.63) is 85.0 Å². The van der Waals surface area contributed by atoms with E-state index in [1.54, 1.807) is 13.8 Å². The number of nitrogens with one attached hydrogen (secondary N) is 10. The second kappa shape index (κ2) is 47.4. The fraction of sp³-hybridized carbons (Fsp3) is 0.590. The van der Waals surface area contributed by atoms with Crippen LogP contribution >= 0.6 is 11.8 Å². The third-order valence-corrected chi connectivity index (χ3v) is 19.5. The van der Waals surface area contributed by atoms with Crippen molar-refractivity contribution in [2.45, 2.75) is 225 Å². The molecule has 1 saturated carbocycles. The summed E-state index contributed by atoms with van der Waals surface area (Å²) >= 11 is 0.714. The first-order chi connectivity index (χ1) is 52.9. The van der Waals surface area contributed by atoms with Gasteiger partial charge in [0, 0.05) is 43.4 Å². The Morgan fingerprint density at radius 2 is 1.04 bits per heavy atom. The molecule has 9 amide bonds. The summed E-state index contributed by atoms with van der Waals surface area (Å²) in [6, 6.07) is 0.815. The van der Waals surface area contributed by atoms with Crippen LogP contribution in [0.3, 0.4) is 0 Å². The van der Waals surface area contributed by atoms with Crippen LogP contribution in [0.2, 0.25) is 0 Å². The molecule has 2 aromatic carbocycles. The zero-order valence-electron chi connectivity index (χ0n) is 65.4. The Kier molecular flexibility index (Phi) is 40.0. The lowest BCUT2D eigenvalue weighted by atomic mass is 9.68. The van der Waals surface area contributed by atoms with Gasteiger partial charge in [0.2, 0.25) is 52.4 Å². The second-order valence-corrected chi connectivity index (χ2v) is 30.1. The highest BCUT2D eigenvalue weighted by Crippen LogP contribution is 2.44. The predicted molar refractivity (Wildman–Crippen MR) is 410 cm³/mol. The Labute approximate surface area is 656 Å². The summed E-state index contributed by atoms with van der Waals surface area (Å²) in [5, 5.41) is 55.7. The number of carbonyl (C=O) groups excluding carboxylic acids is 15. The van der Waals surface area contributed by atoms with E-state index in [2.05, 4.69) is 66.3 Å². The van der Waals surface area contributed by atoms with E-state index in [0.29, 0.717) is 31.1 Å². The van der Waals surface area contributed by atoms with E-state index >= 15 is 0 Å². The van der Waals surface area contributed by atoms with Crippen molar-refractivity contribution >= 4 is 106 Å². The summed E-state index contributed by atoms with van der Waals surface area (Å²) in [5.41, 5.74) is 3.27. The number of hydrogen-bond acceptors (Lipinski definition) is 24. The van der Waals surface area contributed by atoms with Crippen molar-refractivity contribution in [3.8, 4) is 11.1 Å². The fourth-order valence-electron chi connectivity index (χ4n) is 12.7. The monoisotopic (exact) mass is 1590 g/mol. The van der Waals surface area contributed by atoms with Gasteiger partial charge < -0.3 is 87.4 Å². The number of benzene rings is 2. The van der Waals surface area contributed by atoms with Crippen molar-refractivity contribution in [1.29, 1.82) is 0 Å². The van der Waals surface area contributed by atoms with Gasteiger partial charge in [0.1, 0.15) is 79.7 Å². The minimum atomic E-state index is -2.07. The number of ether oxygens (including phenoxy) is 4. The molecule has 0 heterocycles. The van der Waals surface area contributed by atoms with Gasteiger partial charge in [-0.05, 0) is 112 Å². The maximum absolute atomic E-state index is 14.7. The van der Waals surface area contributed by atoms with Crippen LogP contribution in [0.15, 0.2) is 73.8 Å². The van der Waals surface area contributed by atoms with Crippen molar-refractivity contribution in [2.75, 3.05) is 45.3 Å². The van der Waals surface area contributed by atoms with Crippen molar-refractivity contribution in [3.63, 3.8) is 0 Å². The molecule has 2 aliphatic rings. The molecule has 12 atom stereocenters. The lowest BCUT2D eigenvalue weighted by Gasteiger charge is -2.36. The van der Waals surface area contributed by atoms with Crippen LogP contribution < -0.4 is 53.2 Å². The highest BCUT2D eigenvalue weighted by atomic mass is 32.2. The van der Waals surface area contributed by atoms with Crippen molar-refractivity contribution < 1.29 is 111 Å². The van der Waals surface area contributed by atoms with Crippen LogP contribution in [-0.4, -0.2) is 221 Å². The van der Waals surface area contributed by atoms with Crippen molar-refractivity contribution in [2.24, 2.45) is 23.2 Å². The summed E-state index contributed by atoms with van der Waals surface area (Å²) in [5.74, 6) is -15.3. The largest absolute Gasteiger partial charge is 0.481 e. The number of carbonyl (C=O) groups is 16. The Morgan fingerprint density at radius 3 is 1.54 bits per heavy atom. The number of unbranched alkanes of at least 4 members (excludes halogenated alkanes) is 1. The number of rotatable bonds is 49. The van der Waals surface area contributed by atoms with Crippen LogP contribution in [0.25, 0.3) is 11.1 Å². The lowest BCUT2D eigenvalue weighted by Crippen LogP contribution is -2.63. The van der Waals surface area contributed by atoms with E-state index < -0.39 is 205 Å². The third-order valence-electron chi connectivity index (χ3n) is 18.6. The molecule has 0 aliphatic heterocycles. The van der Waals surface area contributed by atoms with Crippen LogP contribution in [0.4, 0.5) is 4.79 Å². The highest BCUT2D eigenvalue weighted by Gasteiger charge is 2.44. The highest BCUT2D eigenvalue weighted by molar-refractivity contribution is 8.13. The summed E-state index contributed by atoms with van der Waals surface area (Å²) in [6.07, 6.45) is -3.55. The second-order valence-electron chi connectivity index (χ2n) is 29.0. The Bertz CT molecular complexity index is 3600. The van der Waals surface area contributed by atoms with E-state index in [1.807, 2.05) is 76.2 Å². The van der Waals surface area contributed by atoms with Gasteiger partial charge in [-0.3, -0.25) is 71.9 Å². The average Bonchev–Trinajstić information content (AvgIpc) is 1.69. The number of aliphatic hydroxyl groups is 2. The van der Waals surface area contributed by atoms with Gasteiger partial charge in [-0.1, -0.05) is 134 Å². The summed E-state index contributed by atoms with van der Waals surface area (Å²) in [4.78, 5) is 217. The molecule has 0 spiro atoms. The molecule has 0 bridgehead atoms. The van der Waals surface area contributed by atoms with Gasteiger partial charge in [0.15, 0.2) is 0 Å². The number of esters is 3. The molecule has 0 radical (unpaired) electrons. The number of carboxylic acid groups (broad SMARTS) is 1. The van der Waals surface area contributed by atoms with E-state index in [4.69, 9.17) is 18.9 Å². The molecule has 33 nitrogen and oxygen atoms in total. The zero-order valence-corrected chi connectivity index (χ0v) is 66.2. The molecule has 0 aromatic heterocycles. The minimum absolute atomic E-state index is 0.0329. The summed E-state index contributed by atoms with van der Waals surface area (Å²) in [7, 11) is 0. The lowest BCUT2D eigenvalue weighted by molar-refractivity contribution is -0.144. The molecular formula is C78H112N10O23S. The van der Waals surface area contributed by atoms with Gasteiger partial charge in [-0.25, -0.2) is 4.79 Å². The fourth-order valence-corrected chi connectivity index (χ4v) is 13.4. The molecule has 2 aromatic rings. The van der Waals surface area contributed by atoms with Crippen molar-refractivity contribution in [1.82, 2.24) is 53.2 Å². The van der Waals surface area contributed by atoms with E-state index in [-0.39, 0.29) is 94.1 Å². The van der Waals surface area contributed by atoms with Crippen LogP contribution in [0.5, 0.6) is 0 Å². The number of aliphatic hydroxyl groups excluding tert-OH is 2. The minimum Gasteiger partial charge on any atom is -0.481 e. The first-order valence-corrected chi connectivity index (χ1v) is 38.7. The molecule has 4 rings (SSSR count). The number of thioether (sulfide) groups is 1. The molecular weight excluding hydrogens is 1480 g/mol. The van der Waals surface area contributed by atoms with Gasteiger partial charge in [0.25, 0.3) is 0 Å². The van der Waals surface area contributed by atoms with Gasteiger partial charge >= 0.3 is 30.0 Å². The Morgan fingerprint density at radius 1 is 0.562 bits per heavy atom. The normalized spacial score (nSPS) is 16.3. The molecule has 112 heavy (non-hydrogen) atoms. The van der Waals surface area contributed by atoms with Gasteiger partial charge in [0.05, 0.1) is 44.1 Å². The van der Waals surface area contributed by atoms with E-state index in [9.17, 15) is 92.0 Å². The quantitative estimate of drug-likeness (QED) is 0.0149. The first kappa shape index (κ1) is 94.4. The van der Waals surface area contributed by atoms with Gasteiger partial charge in [-0.15, -0.1) is 0 Å². The molecule has 2 aliphatic carbocycles. The number of Topliss-reactive ketones (excluding diaryl/α,β-unsaturated/α-hetero) is 2. The molecule has 1 fully saturated rings. The predicted octanol–water partition coefficient (Wildman–Crippen LogP) is 2.69. The Balaban J connectivity index is 1.58. The molecule has 34 heteroatoms. The van der Waals surface area contributed by atoms with Crippen LogP contribution in [0, 0.1) is 23.2 Å². The number of fused-ring (bicyclic) bond motifs is 3. The number of aliphatic carboxylic acids is 1. The number of carboxylic acids is 1. The van der Waals surface area contributed by atoms with Crippen LogP contribution in [0.1, 0.15) is 170 Å². The number of amides is 9. The van der Waals surface area contributed by atoms with E-state index in [1.165, 1.54) is 26.0 Å². The van der Waals surface area contributed by atoms with Gasteiger partial charge in [-0.2, -0.15) is 0 Å². The SMILES string of the molecule is C=CCOC(=O)CC[C@H](NC(=O)C(CCCCNC(CC(C)C)C1C(=O)CC(C)(C)CC1=O)NC(=O)OCC1c2ccccc2-c2ccccc21)C(=O)N[C@@H](C)C(=O)N[C@@H](CCC(=O)OCC=C)C(=O)NC(CC(=O)O)C(=O)N[C@H](C(=O)N[C@H](C(=O)N[C@H](C(=O)NCC(=O)SCCC(=O)OCC)C(C)O)C(C)O)C(C)CC. The summed E-state index contributed by atoms with van der Waals surface area (Å²) < 4.78 is 20.9. The van der Waals surface area contributed by atoms with Crippen LogP contribution in [-0.2, 0) is 90.9 Å². The number of alkyl carbamates (subject to hydrolysis) is 1. The third kappa shape index (κ3) is 31.3. The number of hydrogen-bond donors (Lipinski definition) is 13. The smallest absolute Gasteiger partial charge is 0.407 e. The first-order valence-electron chi connectivity index (χ1n) is 37.7. The summed E-state index contributed by atoms with van der Waals surface area (Å²) in [6.45, 7) is 22.0. The maximum atomic E-state index is 14.7. The standard InChI is InChI=1S/C78H112N10O23S/c1-13-34-109-61(95)30-28-54(83-71(101)53(27-21-22-33-79-56(37-43(5)6)65-58(91)39-78(11,12)40-59(65)92)85-77(107)111-42-52-50-25-19-17-23-48(50)49-24-18-20-26-51(49)52)70(100)81-45(8)69(99)82-55(29-31-62(96)110-35-14-2)72(102)84-57(38-60(93)94)73(103)86-66(44(7)15-3)75(105)88-68(47(10)90)76(106)87-67(46(9)89)74(104)80-41-64(98)112-36-32-63(97)108-16-4/h13-14,17-20,23-26,43-47,52-57,65-68,79,89-90H,1-2,15-16,21-22,27-42H2,3-12H3,(H,80,104)(H,81,100)(H,82,99)(H,83,101)(H,84,102)(H,85,107)(H,86,103)(H,87,106)(H,88,105)(H,93,94)/t44?,45-,46?,47?,53?,54-,55-,56?,57?,66-,67-,68-/m0/s1. The number of ketones is 2. The zero-order chi connectivity index (χ0) is 83.5. The Hall–Kier alpha value is -9.93. The molecule has 0 saturated heterocycles. The molecule has 6 unspecified atom stereocenters. The maximum Gasteiger partial charge on any atom is 0.407 e. The molecule has 618 valence electrons. The topological polar surface area (TPSA) is 491 Å². The average molecular weight is 1590 g/mol. The molecule has 13 N–H and O–H groups in total.